The van der Waals surface area contributed by atoms with Gasteiger partial charge in [0.25, 0.3) is 11.8 Å². The van der Waals surface area contributed by atoms with Crippen LogP contribution in [-0.4, -0.2) is 42.9 Å². The van der Waals surface area contributed by atoms with Crippen molar-refractivity contribution in [3.8, 4) is 5.75 Å². The zero-order valence-corrected chi connectivity index (χ0v) is 24.0. The lowest BCUT2D eigenvalue weighted by Crippen LogP contribution is -2.36. The van der Waals surface area contributed by atoms with E-state index in [9.17, 15) is 9.59 Å². The van der Waals surface area contributed by atoms with Crippen molar-refractivity contribution in [2.24, 2.45) is 0 Å². The molecule has 3 aromatic carbocycles. The highest BCUT2D eigenvalue weighted by Crippen LogP contribution is 2.36. The molecule has 3 aromatic rings. The summed E-state index contributed by atoms with van der Waals surface area (Å²) < 4.78 is 6.03. The molecule has 0 saturated heterocycles. The predicted octanol–water partition coefficient (Wildman–Crippen LogP) is 6.59. The fourth-order valence-electron chi connectivity index (χ4n) is 4.82. The number of hydrogen-bond donors (Lipinski definition) is 1. The fraction of sp³-hybridized carbons (Fsp3) is 0.353. The molecule has 0 aromatic heterocycles. The number of unbranched alkanes of at least 4 members (excludes halogenated alkanes) is 2. The third-order valence-corrected chi connectivity index (χ3v) is 7.10. The monoisotopic (exact) mass is 539 g/mol. The molecule has 4 rings (SSSR count). The Bertz CT molecular complexity index is 1310. The molecule has 40 heavy (non-hydrogen) atoms. The molecule has 2 amide bonds. The second-order valence-corrected chi connectivity index (χ2v) is 10.4. The van der Waals surface area contributed by atoms with Gasteiger partial charge in [0.1, 0.15) is 0 Å². The number of amides is 2. The molecular weight excluding hydrogens is 498 g/mol. The molecule has 0 unspecified atom stereocenters. The zero-order chi connectivity index (χ0) is 28.3. The van der Waals surface area contributed by atoms with Gasteiger partial charge < -0.3 is 15.0 Å². The number of carbonyl (C=O) groups excluding carboxylic acids is 2. The maximum absolute atomic E-state index is 13.5. The second kappa shape index (κ2) is 14.5. The molecule has 1 heterocycles. The number of nitrogens with zero attached hydrogens (tertiary/aromatic N) is 2. The van der Waals surface area contributed by atoms with Gasteiger partial charge in [0.15, 0.2) is 11.5 Å². The molecule has 6 nitrogen and oxygen atoms in total. The van der Waals surface area contributed by atoms with E-state index >= 15 is 0 Å². The molecule has 0 saturated carbocycles. The first-order valence-electron chi connectivity index (χ1n) is 14.4. The summed E-state index contributed by atoms with van der Waals surface area (Å²) in [5.74, 6) is 0.609. The number of fused-ring (bicyclic) bond motifs is 1. The van der Waals surface area contributed by atoms with Crippen LogP contribution < -0.4 is 15.0 Å². The van der Waals surface area contributed by atoms with Gasteiger partial charge in [-0.15, -0.1) is 0 Å². The van der Waals surface area contributed by atoms with Gasteiger partial charge in [0, 0.05) is 18.7 Å². The maximum Gasteiger partial charge on any atom is 0.294 e. The number of benzene rings is 3. The number of aryl methyl sites for hydroxylation is 1. The van der Waals surface area contributed by atoms with Crippen LogP contribution >= 0.6 is 0 Å². The van der Waals surface area contributed by atoms with Crippen molar-refractivity contribution in [2.45, 2.75) is 53.0 Å². The quantitative estimate of drug-likeness (QED) is 0.249. The summed E-state index contributed by atoms with van der Waals surface area (Å²) in [6.45, 7) is 10.5. The summed E-state index contributed by atoms with van der Waals surface area (Å²) >= 11 is 0. The number of nitrogens with one attached hydrogen (secondary N) is 1. The first-order chi connectivity index (χ1) is 19.5. The number of para-hydroxylation sites is 2. The van der Waals surface area contributed by atoms with E-state index in [1.165, 1.54) is 25.7 Å². The number of anilines is 1. The lowest BCUT2D eigenvalue weighted by Gasteiger charge is -2.30. The van der Waals surface area contributed by atoms with E-state index in [0.29, 0.717) is 24.4 Å². The molecule has 0 fully saturated rings. The molecule has 1 aliphatic heterocycles. The fourth-order valence-corrected chi connectivity index (χ4v) is 4.82. The third-order valence-electron chi connectivity index (χ3n) is 7.10. The number of hydrogen-bond acceptors (Lipinski definition) is 4. The average molecular weight is 540 g/mol. The first kappa shape index (κ1) is 29.1. The van der Waals surface area contributed by atoms with Crippen LogP contribution in [0.2, 0.25) is 0 Å². The topological polar surface area (TPSA) is 61.9 Å². The summed E-state index contributed by atoms with van der Waals surface area (Å²) in [6, 6.07) is 23.0. The number of ether oxygens (including phenoxy) is 1. The van der Waals surface area contributed by atoms with E-state index in [4.69, 9.17) is 4.74 Å². The van der Waals surface area contributed by atoms with E-state index in [2.05, 4.69) is 30.1 Å². The Kier molecular flexibility index (Phi) is 10.5. The smallest absolute Gasteiger partial charge is 0.294 e. The summed E-state index contributed by atoms with van der Waals surface area (Å²) in [7, 11) is 0. The van der Waals surface area contributed by atoms with Crippen LogP contribution in [0.1, 0.15) is 66.6 Å². The molecule has 210 valence electrons. The highest BCUT2D eigenvalue weighted by molar-refractivity contribution is 6.09. The van der Waals surface area contributed by atoms with Crippen molar-refractivity contribution in [1.29, 1.82) is 0 Å². The molecule has 1 N–H and O–H groups in total. The van der Waals surface area contributed by atoms with Crippen LogP contribution in [0.5, 0.6) is 5.75 Å². The normalized spacial score (nSPS) is 13.8. The standard InChI is InChI=1S/C34H41N3O3/c1-4-6-20-36(21-7-5-2)22-19-35-33(38)29-17-15-27(16-18-29)24-32-34(39)37(25-28-12-10-11-26(3)23-28)30-13-8-9-14-31(30)40-32/h8-18,23-24H,4-7,19-22,25H2,1-3H3,(H,35,38)/b32-24+. The molecule has 6 heteroatoms. The Hall–Kier alpha value is -3.90. The van der Waals surface area contributed by atoms with Gasteiger partial charge in [0.05, 0.1) is 12.2 Å². The molecular formula is C34H41N3O3. The van der Waals surface area contributed by atoms with Crippen LogP contribution in [0.4, 0.5) is 5.69 Å². The minimum Gasteiger partial charge on any atom is -0.449 e. The van der Waals surface area contributed by atoms with Crippen molar-refractivity contribution >= 4 is 23.6 Å². The van der Waals surface area contributed by atoms with Gasteiger partial charge in [-0.25, -0.2) is 0 Å². The van der Waals surface area contributed by atoms with Crippen LogP contribution in [0.15, 0.2) is 78.6 Å². The lowest BCUT2D eigenvalue weighted by atomic mass is 10.1. The zero-order valence-electron chi connectivity index (χ0n) is 24.0. The summed E-state index contributed by atoms with van der Waals surface area (Å²) in [5.41, 5.74) is 4.34. The Morgan fingerprint density at radius 3 is 2.35 bits per heavy atom. The van der Waals surface area contributed by atoms with Crippen molar-refractivity contribution in [3.05, 3.63) is 101 Å². The lowest BCUT2D eigenvalue weighted by molar-refractivity contribution is -0.117. The van der Waals surface area contributed by atoms with E-state index < -0.39 is 0 Å². The Balaban J connectivity index is 1.42. The summed E-state index contributed by atoms with van der Waals surface area (Å²) in [5, 5.41) is 3.05. The van der Waals surface area contributed by atoms with Gasteiger partial charge in [-0.3, -0.25) is 14.5 Å². The van der Waals surface area contributed by atoms with Crippen molar-refractivity contribution in [1.82, 2.24) is 10.2 Å². The Morgan fingerprint density at radius 1 is 0.925 bits per heavy atom. The highest BCUT2D eigenvalue weighted by atomic mass is 16.5. The van der Waals surface area contributed by atoms with Crippen LogP contribution in [-0.2, 0) is 11.3 Å². The minimum atomic E-state index is -0.197. The largest absolute Gasteiger partial charge is 0.449 e. The van der Waals surface area contributed by atoms with Crippen molar-refractivity contribution in [3.63, 3.8) is 0 Å². The molecule has 0 atom stereocenters. The Labute approximate surface area is 238 Å². The van der Waals surface area contributed by atoms with Gasteiger partial charge in [-0.2, -0.15) is 0 Å². The first-order valence-corrected chi connectivity index (χ1v) is 14.4. The average Bonchev–Trinajstić information content (AvgIpc) is 2.96. The SMILES string of the molecule is CCCCN(CCCC)CCNC(=O)c1ccc(/C=C2/Oc3ccccc3N(Cc3cccc(C)c3)C2=O)cc1. The number of carbonyl (C=O) groups is 2. The molecule has 0 radical (unpaired) electrons. The van der Waals surface area contributed by atoms with Gasteiger partial charge in [0.2, 0.25) is 0 Å². The molecule has 0 spiro atoms. The second-order valence-electron chi connectivity index (χ2n) is 10.4. The van der Waals surface area contributed by atoms with Crippen LogP contribution in [0, 0.1) is 6.92 Å². The van der Waals surface area contributed by atoms with E-state index in [1.807, 2.05) is 61.5 Å². The Morgan fingerprint density at radius 2 is 1.65 bits per heavy atom. The minimum absolute atomic E-state index is 0.0895. The van der Waals surface area contributed by atoms with E-state index in [-0.39, 0.29) is 17.6 Å². The molecule has 0 bridgehead atoms. The van der Waals surface area contributed by atoms with Crippen LogP contribution in [0.3, 0.4) is 0 Å². The van der Waals surface area contributed by atoms with Gasteiger partial charge in [-0.1, -0.05) is 80.8 Å². The highest BCUT2D eigenvalue weighted by Gasteiger charge is 2.30. The van der Waals surface area contributed by atoms with Crippen molar-refractivity contribution < 1.29 is 14.3 Å². The van der Waals surface area contributed by atoms with E-state index in [1.54, 1.807) is 23.1 Å². The van der Waals surface area contributed by atoms with Gasteiger partial charge >= 0.3 is 0 Å². The summed E-state index contributed by atoms with van der Waals surface area (Å²) in [6.07, 6.45) is 6.44. The van der Waals surface area contributed by atoms with E-state index in [0.717, 1.165) is 42.0 Å². The number of rotatable bonds is 13. The maximum atomic E-state index is 13.5. The van der Waals surface area contributed by atoms with Crippen LogP contribution in [0.25, 0.3) is 6.08 Å². The predicted molar refractivity (Wildman–Crippen MR) is 162 cm³/mol. The van der Waals surface area contributed by atoms with Crippen molar-refractivity contribution in [2.75, 3.05) is 31.1 Å². The molecule has 1 aliphatic rings. The van der Waals surface area contributed by atoms with Gasteiger partial charge in [-0.05, 0) is 74.3 Å². The third kappa shape index (κ3) is 7.82. The summed E-state index contributed by atoms with van der Waals surface area (Å²) in [4.78, 5) is 30.5. The molecule has 0 aliphatic carbocycles.